The number of methoxy groups -OCH3 is 1. The van der Waals surface area contributed by atoms with Crippen LogP contribution >= 0.6 is 15.9 Å². The van der Waals surface area contributed by atoms with E-state index in [4.69, 9.17) is 10.5 Å². The molecule has 4 nitrogen and oxygen atoms in total. The molecule has 1 atom stereocenters. The SMILES string of the molecule is COc1c(O)c(F)cc(Br)c1C(O)CN. The van der Waals surface area contributed by atoms with Crippen molar-refractivity contribution in [2.24, 2.45) is 5.73 Å². The molecule has 6 heteroatoms. The van der Waals surface area contributed by atoms with Gasteiger partial charge in [0.05, 0.1) is 13.2 Å². The zero-order valence-corrected chi connectivity index (χ0v) is 9.58. The second-order valence-corrected chi connectivity index (χ2v) is 3.74. The van der Waals surface area contributed by atoms with Gasteiger partial charge in [0.25, 0.3) is 0 Å². The molecule has 0 aliphatic carbocycles. The molecule has 0 spiro atoms. The second kappa shape index (κ2) is 4.78. The van der Waals surface area contributed by atoms with Crippen molar-refractivity contribution in [2.45, 2.75) is 6.10 Å². The maximum Gasteiger partial charge on any atom is 0.194 e. The van der Waals surface area contributed by atoms with Crippen LogP contribution < -0.4 is 10.5 Å². The zero-order valence-electron chi connectivity index (χ0n) is 8.00. The van der Waals surface area contributed by atoms with Gasteiger partial charge in [0.15, 0.2) is 17.3 Å². The number of halogens is 2. The smallest absolute Gasteiger partial charge is 0.194 e. The first-order valence-electron chi connectivity index (χ1n) is 4.15. The van der Waals surface area contributed by atoms with Crippen LogP contribution in [-0.2, 0) is 0 Å². The molecule has 0 heterocycles. The number of aliphatic hydroxyl groups excluding tert-OH is 1. The van der Waals surface area contributed by atoms with Crippen molar-refractivity contribution in [2.75, 3.05) is 13.7 Å². The summed E-state index contributed by atoms with van der Waals surface area (Å²) in [6, 6.07) is 1.05. The van der Waals surface area contributed by atoms with E-state index in [2.05, 4.69) is 15.9 Å². The first-order chi connectivity index (χ1) is 7.02. The lowest BCUT2D eigenvalue weighted by molar-refractivity contribution is 0.179. The molecule has 0 saturated carbocycles. The predicted octanol–water partition coefficient (Wildman–Crippen LogP) is 1.29. The van der Waals surface area contributed by atoms with Crippen LogP contribution in [0, 0.1) is 5.82 Å². The van der Waals surface area contributed by atoms with Crippen LogP contribution in [0.2, 0.25) is 0 Å². The Morgan fingerprint density at radius 3 is 2.73 bits per heavy atom. The molecule has 0 amide bonds. The molecule has 0 radical (unpaired) electrons. The lowest BCUT2D eigenvalue weighted by Crippen LogP contribution is -2.13. The van der Waals surface area contributed by atoms with Gasteiger partial charge in [-0.25, -0.2) is 4.39 Å². The van der Waals surface area contributed by atoms with Crippen molar-refractivity contribution in [3.05, 3.63) is 21.9 Å². The number of nitrogens with two attached hydrogens (primary N) is 1. The number of aromatic hydroxyl groups is 1. The molecule has 84 valence electrons. The van der Waals surface area contributed by atoms with Crippen molar-refractivity contribution in [3.63, 3.8) is 0 Å². The molecular formula is C9H11BrFNO3. The highest BCUT2D eigenvalue weighted by Crippen LogP contribution is 2.40. The standard InChI is InChI=1S/C9H11BrFNO3/c1-15-9-7(6(13)3-12)4(10)2-5(11)8(9)14/h2,6,13-14H,3,12H2,1H3. The Bertz CT molecular complexity index is 373. The van der Waals surface area contributed by atoms with Crippen LogP contribution in [-0.4, -0.2) is 23.9 Å². The summed E-state index contributed by atoms with van der Waals surface area (Å²) in [5, 5.41) is 18.9. The highest BCUT2D eigenvalue weighted by molar-refractivity contribution is 9.10. The number of hydrogen-bond acceptors (Lipinski definition) is 4. The monoisotopic (exact) mass is 279 g/mol. The van der Waals surface area contributed by atoms with E-state index < -0.39 is 17.7 Å². The molecule has 4 N–H and O–H groups in total. The van der Waals surface area contributed by atoms with Crippen LogP contribution in [0.1, 0.15) is 11.7 Å². The van der Waals surface area contributed by atoms with E-state index in [1.54, 1.807) is 0 Å². The fraction of sp³-hybridized carbons (Fsp3) is 0.333. The van der Waals surface area contributed by atoms with Crippen molar-refractivity contribution < 1.29 is 19.3 Å². The third-order valence-electron chi connectivity index (χ3n) is 1.96. The number of aliphatic hydroxyl groups is 1. The summed E-state index contributed by atoms with van der Waals surface area (Å²) in [5.41, 5.74) is 5.52. The van der Waals surface area contributed by atoms with Gasteiger partial charge in [-0.05, 0) is 6.07 Å². The first kappa shape index (κ1) is 12.2. The Morgan fingerprint density at radius 2 is 2.27 bits per heavy atom. The maximum absolute atomic E-state index is 13.1. The van der Waals surface area contributed by atoms with Gasteiger partial charge in [0, 0.05) is 16.6 Å². The molecule has 0 aliphatic heterocycles. The van der Waals surface area contributed by atoms with Crippen LogP contribution in [0.25, 0.3) is 0 Å². The Labute approximate surface area is 94.6 Å². The Kier molecular flexibility index (Phi) is 3.90. The molecule has 1 aromatic carbocycles. The first-order valence-corrected chi connectivity index (χ1v) is 4.95. The third kappa shape index (κ3) is 2.22. The summed E-state index contributed by atoms with van der Waals surface area (Å²) < 4.78 is 18.2. The van der Waals surface area contributed by atoms with Gasteiger partial charge >= 0.3 is 0 Å². The number of ether oxygens (including phenoxy) is 1. The fourth-order valence-electron chi connectivity index (χ4n) is 1.24. The molecule has 0 aliphatic rings. The lowest BCUT2D eigenvalue weighted by atomic mass is 10.1. The summed E-state index contributed by atoms with van der Waals surface area (Å²) in [6.07, 6.45) is -1.03. The van der Waals surface area contributed by atoms with Crippen molar-refractivity contribution in [3.8, 4) is 11.5 Å². The summed E-state index contributed by atoms with van der Waals surface area (Å²) in [4.78, 5) is 0. The minimum Gasteiger partial charge on any atom is -0.502 e. The largest absolute Gasteiger partial charge is 0.502 e. The Morgan fingerprint density at radius 1 is 1.67 bits per heavy atom. The fourth-order valence-corrected chi connectivity index (χ4v) is 1.88. The molecule has 0 saturated heterocycles. The average Bonchev–Trinajstić information content (AvgIpc) is 2.21. The number of phenols is 1. The van der Waals surface area contributed by atoms with Gasteiger partial charge in [0.1, 0.15) is 0 Å². The second-order valence-electron chi connectivity index (χ2n) is 2.89. The number of rotatable bonds is 3. The lowest BCUT2D eigenvalue weighted by Gasteiger charge is -2.16. The number of benzene rings is 1. The summed E-state index contributed by atoms with van der Waals surface area (Å²) in [7, 11) is 1.27. The Hall–Kier alpha value is -0.850. The minimum absolute atomic E-state index is 0.0555. The molecular weight excluding hydrogens is 269 g/mol. The van der Waals surface area contributed by atoms with Gasteiger partial charge in [0.2, 0.25) is 0 Å². The minimum atomic E-state index is -1.03. The van der Waals surface area contributed by atoms with Crippen molar-refractivity contribution in [1.82, 2.24) is 0 Å². The van der Waals surface area contributed by atoms with Gasteiger partial charge < -0.3 is 20.7 Å². The molecule has 1 aromatic rings. The van der Waals surface area contributed by atoms with Gasteiger partial charge in [-0.1, -0.05) is 15.9 Å². The molecule has 0 aromatic heterocycles. The van der Waals surface area contributed by atoms with Crippen molar-refractivity contribution in [1.29, 1.82) is 0 Å². The number of hydrogen-bond donors (Lipinski definition) is 3. The maximum atomic E-state index is 13.1. The van der Waals surface area contributed by atoms with Gasteiger partial charge in [-0.2, -0.15) is 0 Å². The summed E-state index contributed by atoms with van der Waals surface area (Å²) in [5.74, 6) is -1.57. The zero-order chi connectivity index (χ0) is 11.6. The quantitative estimate of drug-likeness (QED) is 0.780. The topological polar surface area (TPSA) is 75.7 Å². The van der Waals surface area contributed by atoms with Crippen LogP contribution in [0.3, 0.4) is 0 Å². The van der Waals surface area contributed by atoms with E-state index >= 15 is 0 Å². The third-order valence-corrected chi connectivity index (χ3v) is 2.61. The highest BCUT2D eigenvalue weighted by Gasteiger charge is 2.22. The summed E-state index contributed by atoms with van der Waals surface area (Å²) >= 11 is 3.07. The molecule has 0 bridgehead atoms. The van der Waals surface area contributed by atoms with Gasteiger partial charge in [-0.15, -0.1) is 0 Å². The van der Waals surface area contributed by atoms with E-state index in [0.717, 1.165) is 6.07 Å². The molecule has 0 fully saturated rings. The van der Waals surface area contributed by atoms with Crippen LogP contribution in [0.5, 0.6) is 11.5 Å². The van der Waals surface area contributed by atoms with E-state index in [0.29, 0.717) is 4.47 Å². The summed E-state index contributed by atoms with van der Waals surface area (Å²) in [6.45, 7) is -0.0555. The van der Waals surface area contributed by atoms with E-state index in [-0.39, 0.29) is 17.9 Å². The van der Waals surface area contributed by atoms with E-state index in [1.807, 2.05) is 0 Å². The average molecular weight is 280 g/mol. The molecule has 15 heavy (non-hydrogen) atoms. The normalized spacial score (nSPS) is 12.6. The molecule has 1 unspecified atom stereocenters. The van der Waals surface area contributed by atoms with E-state index in [9.17, 15) is 14.6 Å². The van der Waals surface area contributed by atoms with Crippen LogP contribution in [0.15, 0.2) is 10.5 Å². The van der Waals surface area contributed by atoms with Gasteiger partial charge in [-0.3, -0.25) is 0 Å². The van der Waals surface area contributed by atoms with E-state index in [1.165, 1.54) is 7.11 Å². The predicted molar refractivity (Wildman–Crippen MR) is 56.3 cm³/mol. The van der Waals surface area contributed by atoms with Crippen molar-refractivity contribution >= 4 is 15.9 Å². The molecule has 1 rings (SSSR count). The highest BCUT2D eigenvalue weighted by atomic mass is 79.9. The Balaban J connectivity index is 3.41. The van der Waals surface area contributed by atoms with Crippen LogP contribution in [0.4, 0.5) is 4.39 Å². The number of phenolic OH excluding ortho intramolecular Hbond substituents is 1.